The second-order valence-electron chi connectivity index (χ2n) is 3.83. The average molecular weight is 267 g/mol. The monoisotopic (exact) mass is 267 g/mol. The van der Waals surface area contributed by atoms with Crippen molar-refractivity contribution in [2.24, 2.45) is 5.73 Å². The lowest BCUT2D eigenvalue weighted by Gasteiger charge is -2.20. The molecular weight excluding hydrogens is 246 g/mol. The first kappa shape index (κ1) is 19.1. The van der Waals surface area contributed by atoms with Gasteiger partial charge in [0.15, 0.2) is 0 Å². The summed E-state index contributed by atoms with van der Waals surface area (Å²) in [5.74, 6) is -1.74. The van der Waals surface area contributed by atoms with Crippen molar-refractivity contribution in [1.29, 1.82) is 0 Å². The Bertz CT molecular complexity index is 216. The summed E-state index contributed by atoms with van der Waals surface area (Å²) >= 11 is 0. The van der Waals surface area contributed by atoms with Gasteiger partial charge in [0.25, 0.3) is 0 Å². The van der Waals surface area contributed by atoms with E-state index < -0.39 is 37.3 Å². The van der Waals surface area contributed by atoms with Crippen molar-refractivity contribution >= 4 is 11.9 Å². The van der Waals surface area contributed by atoms with E-state index in [-0.39, 0.29) is 12.8 Å². The van der Waals surface area contributed by atoms with Crippen molar-refractivity contribution in [3.63, 3.8) is 0 Å². The maximum absolute atomic E-state index is 9.90. The number of rotatable bonds is 8. The third-order valence-electron chi connectivity index (χ3n) is 1.98. The van der Waals surface area contributed by atoms with E-state index in [0.717, 1.165) is 0 Å². The molecule has 0 aromatic carbocycles. The van der Waals surface area contributed by atoms with E-state index in [1.165, 1.54) is 0 Å². The molecule has 18 heavy (non-hydrogen) atoms. The lowest BCUT2D eigenvalue weighted by atomic mass is 10.1. The highest BCUT2D eigenvalue weighted by molar-refractivity contribution is 5.67. The lowest BCUT2D eigenvalue weighted by Crippen LogP contribution is -2.50. The normalized spacial score (nSPS) is 10.4. The van der Waals surface area contributed by atoms with Gasteiger partial charge in [-0.1, -0.05) is 0 Å². The molecule has 8 nitrogen and oxygen atoms in total. The third kappa shape index (κ3) is 12.8. The van der Waals surface area contributed by atoms with Gasteiger partial charge in [-0.05, 0) is 12.8 Å². The fourth-order valence-corrected chi connectivity index (χ4v) is 0.702. The van der Waals surface area contributed by atoms with Crippen molar-refractivity contribution in [2.75, 3.05) is 19.8 Å². The van der Waals surface area contributed by atoms with Crippen LogP contribution in [0.1, 0.15) is 25.7 Å². The van der Waals surface area contributed by atoms with Crippen LogP contribution >= 0.6 is 0 Å². The van der Waals surface area contributed by atoms with E-state index in [2.05, 4.69) is 0 Å². The summed E-state index contributed by atoms with van der Waals surface area (Å²) in [6, 6.07) is 0. The number of carbonyl (C=O) groups is 2. The standard InChI is InChI=1S/C6H10O4.C4H11NO3/c7-5(8)3-1-2-4-6(9)10;5-4(1-6,2-7)3-8/h1-4H2,(H,7,8)(H,9,10);6-8H,1-3,5H2. The highest BCUT2D eigenvalue weighted by Crippen LogP contribution is 1.98. The molecule has 0 saturated heterocycles. The van der Waals surface area contributed by atoms with Crippen LogP contribution < -0.4 is 5.73 Å². The van der Waals surface area contributed by atoms with Gasteiger partial charge in [-0.3, -0.25) is 9.59 Å². The van der Waals surface area contributed by atoms with E-state index in [1.807, 2.05) is 0 Å². The van der Waals surface area contributed by atoms with Gasteiger partial charge in [-0.2, -0.15) is 0 Å². The molecule has 0 fully saturated rings. The summed E-state index contributed by atoms with van der Waals surface area (Å²) in [5, 5.41) is 41.3. The summed E-state index contributed by atoms with van der Waals surface area (Å²) in [5.41, 5.74) is 3.94. The van der Waals surface area contributed by atoms with Gasteiger partial charge in [0.2, 0.25) is 0 Å². The molecule has 0 unspecified atom stereocenters. The zero-order chi connectivity index (χ0) is 14.6. The zero-order valence-corrected chi connectivity index (χ0v) is 10.1. The molecule has 0 aliphatic rings. The van der Waals surface area contributed by atoms with Crippen LogP contribution in [0.15, 0.2) is 0 Å². The molecule has 0 heterocycles. The first-order valence-corrected chi connectivity index (χ1v) is 5.36. The quantitative estimate of drug-likeness (QED) is 0.286. The van der Waals surface area contributed by atoms with Crippen molar-refractivity contribution in [1.82, 2.24) is 0 Å². The van der Waals surface area contributed by atoms with Crippen LogP contribution in [0.5, 0.6) is 0 Å². The van der Waals surface area contributed by atoms with E-state index in [0.29, 0.717) is 12.8 Å². The first-order chi connectivity index (χ1) is 8.31. The Kier molecular flexibility index (Phi) is 11.6. The highest BCUT2D eigenvalue weighted by Gasteiger charge is 2.20. The van der Waals surface area contributed by atoms with E-state index in [4.69, 9.17) is 31.3 Å². The van der Waals surface area contributed by atoms with Crippen molar-refractivity contribution in [3.8, 4) is 0 Å². The second kappa shape index (κ2) is 10.9. The zero-order valence-electron chi connectivity index (χ0n) is 10.1. The summed E-state index contributed by atoms with van der Waals surface area (Å²) in [6.45, 7) is -1.21. The van der Waals surface area contributed by atoms with E-state index >= 15 is 0 Å². The number of aliphatic hydroxyl groups is 3. The Morgan fingerprint density at radius 2 is 1.11 bits per heavy atom. The summed E-state index contributed by atoms with van der Waals surface area (Å²) in [7, 11) is 0. The number of carboxylic acid groups (broad SMARTS) is 2. The molecule has 0 saturated carbocycles. The molecule has 0 aliphatic carbocycles. The molecule has 7 N–H and O–H groups in total. The van der Waals surface area contributed by atoms with E-state index in [1.54, 1.807) is 0 Å². The van der Waals surface area contributed by atoms with Gasteiger partial charge < -0.3 is 31.3 Å². The van der Waals surface area contributed by atoms with Crippen LogP contribution in [0.2, 0.25) is 0 Å². The summed E-state index contributed by atoms with van der Waals surface area (Å²) < 4.78 is 0. The van der Waals surface area contributed by atoms with Crippen LogP contribution in [-0.4, -0.2) is 62.8 Å². The third-order valence-corrected chi connectivity index (χ3v) is 1.98. The van der Waals surface area contributed by atoms with Crippen molar-refractivity contribution < 1.29 is 35.1 Å². The average Bonchev–Trinajstić information content (AvgIpc) is 2.34. The number of hydrogen-bond donors (Lipinski definition) is 6. The van der Waals surface area contributed by atoms with Gasteiger partial charge in [0, 0.05) is 12.8 Å². The number of nitrogens with two attached hydrogens (primary N) is 1. The fourth-order valence-electron chi connectivity index (χ4n) is 0.702. The second-order valence-corrected chi connectivity index (χ2v) is 3.83. The molecule has 0 spiro atoms. The van der Waals surface area contributed by atoms with Crippen LogP contribution in [0, 0.1) is 0 Å². The van der Waals surface area contributed by atoms with Gasteiger partial charge in [-0.15, -0.1) is 0 Å². The van der Waals surface area contributed by atoms with Gasteiger partial charge in [0.05, 0.1) is 25.4 Å². The Hall–Kier alpha value is -1.22. The summed E-state index contributed by atoms with van der Waals surface area (Å²) in [6.07, 6.45) is 1.02. The smallest absolute Gasteiger partial charge is 0.303 e. The van der Waals surface area contributed by atoms with E-state index in [9.17, 15) is 9.59 Å². The number of aliphatic hydroxyl groups excluding tert-OH is 3. The van der Waals surface area contributed by atoms with Crippen LogP contribution in [0.4, 0.5) is 0 Å². The Morgan fingerprint density at radius 3 is 1.22 bits per heavy atom. The highest BCUT2D eigenvalue weighted by atomic mass is 16.4. The van der Waals surface area contributed by atoms with Crippen molar-refractivity contribution in [3.05, 3.63) is 0 Å². The molecule has 0 radical (unpaired) electrons. The van der Waals surface area contributed by atoms with Crippen molar-refractivity contribution in [2.45, 2.75) is 31.2 Å². The minimum absolute atomic E-state index is 0.0628. The van der Waals surface area contributed by atoms with Gasteiger partial charge in [-0.25, -0.2) is 0 Å². The maximum Gasteiger partial charge on any atom is 0.303 e. The molecule has 0 bridgehead atoms. The SMILES string of the molecule is NC(CO)(CO)CO.O=C(O)CCCCC(=O)O. The largest absolute Gasteiger partial charge is 0.481 e. The summed E-state index contributed by atoms with van der Waals surface area (Å²) in [4.78, 5) is 19.8. The molecule has 0 atom stereocenters. The van der Waals surface area contributed by atoms with Gasteiger partial charge in [0.1, 0.15) is 0 Å². The minimum Gasteiger partial charge on any atom is -0.481 e. The molecule has 0 aromatic heterocycles. The predicted molar refractivity (Wildman–Crippen MR) is 61.9 cm³/mol. The number of aliphatic carboxylic acids is 2. The molecule has 0 aliphatic heterocycles. The fraction of sp³-hybridized carbons (Fsp3) is 0.800. The number of hydrogen-bond acceptors (Lipinski definition) is 6. The van der Waals surface area contributed by atoms with Crippen LogP contribution in [0.3, 0.4) is 0 Å². The number of unbranched alkanes of at least 4 members (excludes halogenated alkanes) is 1. The lowest BCUT2D eigenvalue weighted by molar-refractivity contribution is -0.139. The molecule has 0 aromatic rings. The first-order valence-electron chi connectivity index (χ1n) is 5.36. The Morgan fingerprint density at radius 1 is 0.833 bits per heavy atom. The van der Waals surface area contributed by atoms with Crippen LogP contribution in [0.25, 0.3) is 0 Å². The van der Waals surface area contributed by atoms with Crippen LogP contribution in [-0.2, 0) is 9.59 Å². The number of carboxylic acids is 2. The molecule has 108 valence electrons. The molecule has 0 amide bonds. The molecule has 8 heteroatoms. The molecular formula is C10H21NO7. The topological polar surface area (TPSA) is 161 Å². The Labute approximate surface area is 105 Å². The predicted octanol–water partition coefficient (Wildman–Crippen LogP) is -1.62. The molecule has 0 rings (SSSR count). The minimum atomic E-state index is -1.21. The Balaban J connectivity index is 0. The maximum atomic E-state index is 9.90. The van der Waals surface area contributed by atoms with Gasteiger partial charge >= 0.3 is 11.9 Å².